The Morgan fingerprint density at radius 1 is 0.800 bits per heavy atom. The number of benzene rings is 2. The zero-order valence-electron chi connectivity index (χ0n) is 10.4. The Morgan fingerprint density at radius 2 is 1.45 bits per heavy atom. The quantitative estimate of drug-likeness (QED) is 0.645. The lowest BCUT2D eigenvalue weighted by Crippen LogP contribution is -2.10. The van der Waals surface area contributed by atoms with Crippen LogP contribution >= 0.6 is 0 Å². The van der Waals surface area contributed by atoms with E-state index in [0.717, 1.165) is 6.07 Å². The summed E-state index contributed by atoms with van der Waals surface area (Å²) >= 11 is 0. The van der Waals surface area contributed by atoms with Crippen LogP contribution in [-0.4, -0.2) is 0 Å². The molecule has 0 amide bonds. The molecule has 0 aliphatic rings. The van der Waals surface area contributed by atoms with E-state index in [4.69, 9.17) is 0 Å². The van der Waals surface area contributed by atoms with Gasteiger partial charge >= 0.3 is 0 Å². The van der Waals surface area contributed by atoms with E-state index in [-0.39, 0.29) is 11.3 Å². The molecular formula is C14H10F5N. The van der Waals surface area contributed by atoms with E-state index in [2.05, 4.69) is 5.32 Å². The maximum atomic E-state index is 13.5. The first kappa shape index (κ1) is 14.3. The van der Waals surface area contributed by atoms with E-state index < -0.39 is 35.1 Å². The molecule has 6 heteroatoms. The molecule has 1 atom stereocenters. The number of anilines is 1. The first-order valence-electron chi connectivity index (χ1n) is 5.74. The Kier molecular flexibility index (Phi) is 3.92. The third-order valence-corrected chi connectivity index (χ3v) is 2.81. The third kappa shape index (κ3) is 2.89. The summed E-state index contributed by atoms with van der Waals surface area (Å²) < 4.78 is 65.6. The summed E-state index contributed by atoms with van der Waals surface area (Å²) in [6.45, 7) is 1.48. The van der Waals surface area contributed by atoms with Crippen molar-refractivity contribution in [2.45, 2.75) is 13.0 Å². The van der Waals surface area contributed by atoms with Gasteiger partial charge in [-0.3, -0.25) is 0 Å². The Morgan fingerprint density at radius 3 is 2.10 bits per heavy atom. The van der Waals surface area contributed by atoms with Crippen LogP contribution in [0, 0.1) is 29.1 Å². The van der Waals surface area contributed by atoms with E-state index in [1.54, 1.807) is 0 Å². The highest BCUT2D eigenvalue weighted by Crippen LogP contribution is 2.25. The minimum atomic E-state index is -1.31. The molecule has 1 unspecified atom stereocenters. The summed E-state index contributed by atoms with van der Waals surface area (Å²) in [5.74, 6) is -5.09. The molecule has 0 bridgehead atoms. The van der Waals surface area contributed by atoms with Gasteiger partial charge < -0.3 is 5.32 Å². The number of rotatable bonds is 3. The minimum absolute atomic E-state index is 0.0792. The van der Waals surface area contributed by atoms with Crippen molar-refractivity contribution in [2.75, 3.05) is 5.32 Å². The average Bonchev–Trinajstić information content (AvgIpc) is 2.35. The fourth-order valence-electron chi connectivity index (χ4n) is 1.80. The van der Waals surface area contributed by atoms with Crippen molar-refractivity contribution in [2.24, 2.45) is 0 Å². The molecule has 0 saturated carbocycles. The monoisotopic (exact) mass is 287 g/mol. The van der Waals surface area contributed by atoms with Gasteiger partial charge in [0.2, 0.25) is 0 Å². The summed E-state index contributed by atoms with van der Waals surface area (Å²) in [5.41, 5.74) is -0.226. The Labute approximate surface area is 112 Å². The van der Waals surface area contributed by atoms with E-state index in [1.807, 2.05) is 0 Å². The summed E-state index contributed by atoms with van der Waals surface area (Å²) in [6, 6.07) is 3.22. The molecule has 0 radical (unpaired) electrons. The van der Waals surface area contributed by atoms with E-state index >= 15 is 0 Å². The molecule has 0 heterocycles. The molecule has 0 aliphatic heterocycles. The van der Waals surface area contributed by atoms with Gasteiger partial charge in [-0.15, -0.1) is 0 Å². The number of hydrogen-bond donors (Lipinski definition) is 1. The molecule has 106 valence electrons. The van der Waals surface area contributed by atoms with Crippen LogP contribution in [0.3, 0.4) is 0 Å². The molecule has 0 fully saturated rings. The maximum Gasteiger partial charge on any atom is 0.161 e. The predicted molar refractivity (Wildman–Crippen MR) is 64.7 cm³/mol. The molecule has 0 aliphatic carbocycles. The molecule has 0 aromatic heterocycles. The molecule has 20 heavy (non-hydrogen) atoms. The van der Waals surface area contributed by atoms with Crippen molar-refractivity contribution in [3.63, 3.8) is 0 Å². The van der Waals surface area contributed by atoms with E-state index in [9.17, 15) is 22.0 Å². The van der Waals surface area contributed by atoms with Crippen LogP contribution in [0.25, 0.3) is 0 Å². The topological polar surface area (TPSA) is 12.0 Å². The van der Waals surface area contributed by atoms with Crippen LogP contribution in [0.2, 0.25) is 0 Å². The SMILES string of the molecule is CC(Nc1cc(F)c(F)cc1F)c1ccc(F)cc1F. The Hall–Kier alpha value is -2.11. The summed E-state index contributed by atoms with van der Waals surface area (Å²) in [7, 11) is 0. The highest BCUT2D eigenvalue weighted by molar-refractivity contribution is 5.47. The molecule has 0 spiro atoms. The van der Waals surface area contributed by atoms with Crippen molar-refractivity contribution in [3.8, 4) is 0 Å². The van der Waals surface area contributed by atoms with Crippen LogP contribution in [0.4, 0.5) is 27.6 Å². The van der Waals surface area contributed by atoms with Crippen molar-refractivity contribution in [3.05, 3.63) is 65.0 Å². The minimum Gasteiger partial charge on any atom is -0.376 e. The molecule has 2 aromatic carbocycles. The molecule has 2 rings (SSSR count). The number of nitrogens with one attached hydrogen (secondary N) is 1. The average molecular weight is 287 g/mol. The van der Waals surface area contributed by atoms with Crippen molar-refractivity contribution >= 4 is 5.69 Å². The van der Waals surface area contributed by atoms with Crippen LogP contribution < -0.4 is 5.32 Å². The Balaban J connectivity index is 2.27. The van der Waals surface area contributed by atoms with Crippen LogP contribution in [0.15, 0.2) is 30.3 Å². The normalized spacial score (nSPS) is 12.3. The van der Waals surface area contributed by atoms with Gasteiger partial charge in [0.1, 0.15) is 17.5 Å². The molecule has 0 saturated heterocycles. The molecular weight excluding hydrogens is 277 g/mol. The Bertz CT molecular complexity index is 642. The number of hydrogen-bond acceptors (Lipinski definition) is 1. The summed E-state index contributed by atoms with van der Waals surface area (Å²) in [5, 5.41) is 2.51. The van der Waals surface area contributed by atoms with Gasteiger partial charge in [0.25, 0.3) is 0 Å². The largest absolute Gasteiger partial charge is 0.376 e. The van der Waals surface area contributed by atoms with Gasteiger partial charge in [0, 0.05) is 23.8 Å². The lowest BCUT2D eigenvalue weighted by Gasteiger charge is -2.17. The third-order valence-electron chi connectivity index (χ3n) is 2.81. The second-order valence-corrected chi connectivity index (χ2v) is 4.28. The lowest BCUT2D eigenvalue weighted by atomic mass is 10.1. The van der Waals surface area contributed by atoms with Gasteiger partial charge in [-0.25, -0.2) is 22.0 Å². The highest BCUT2D eigenvalue weighted by Gasteiger charge is 2.15. The van der Waals surface area contributed by atoms with Gasteiger partial charge in [-0.1, -0.05) is 6.07 Å². The van der Waals surface area contributed by atoms with Crippen LogP contribution in [-0.2, 0) is 0 Å². The van der Waals surface area contributed by atoms with Crippen molar-refractivity contribution in [1.29, 1.82) is 0 Å². The van der Waals surface area contributed by atoms with Gasteiger partial charge in [-0.2, -0.15) is 0 Å². The smallest absolute Gasteiger partial charge is 0.161 e. The van der Waals surface area contributed by atoms with Crippen molar-refractivity contribution in [1.82, 2.24) is 0 Å². The van der Waals surface area contributed by atoms with Gasteiger partial charge in [0.15, 0.2) is 11.6 Å². The molecule has 2 aromatic rings. The molecule has 1 nitrogen and oxygen atoms in total. The summed E-state index contributed by atoms with van der Waals surface area (Å²) in [6.07, 6.45) is 0. The highest BCUT2D eigenvalue weighted by atomic mass is 19.2. The maximum absolute atomic E-state index is 13.5. The van der Waals surface area contributed by atoms with Crippen LogP contribution in [0.5, 0.6) is 0 Å². The van der Waals surface area contributed by atoms with Crippen LogP contribution in [0.1, 0.15) is 18.5 Å². The predicted octanol–water partition coefficient (Wildman–Crippen LogP) is 4.56. The fourth-order valence-corrected chi connectivity index (χ4v) is 1.80. The van der Waals surface area contributed by atoms with Gasteiger partial charge in [0.05, 0.1) is 11.7 Å². The summed E-state index contributed by atoms with van der Waals surface area (Å²) in [4.78, 5) is 0. The number of halogens is 5. The first-order valence-corrected chi connectivity index (χ1v) is 5.74. The fraction of sp³-hybridized carbons (Fsp3) is 0.143. The first-order chi connectivity index (χ1) is 9.38. The lowest BCUT2D eigenvalue weighted by molar-refractivity contribution is 0.495. The zero-order chi connectivity index (χ0) is 14.9. The van der Waals surface area contributed by atoms with E-state index in [0.29, 0.717) is 18.2 Å². The zero-order valence-corrected chi connectivity index (χ0v) is 10.4. The standard InChI is InChI=1S/C14H10F5N/c1-7(9-3-2-8(15)4-10(9)16)20-14-6-12(18)11(17)5-13(14)19/h2-7,20H,1H3. The van der Waals surface area contributed by atoms with E-state index in [1.165, 1.54) is 13.0 Å². The second-order valence-electron chi connectivity index (χ2n) is 4.28. The second kappa shape index (κ2) is 5.48. The van der Waals surface area contributed by atoms with Crippen molar-refractivity contribution < 1.29 is 22.0 Å². The van der Waals surface area contributed by atoms with Gasteiger partial charge in [-0.05, 0) is 13.0 Å². The molecule has 1 N–H and O–H groups in total.